The van der Waals surface area contributed by atoms with Gasteiger partial charge >= 0.3 is 0 Å². The van der Waals surface area contributed by atoms with Crippen LogP contribution in [-0.4, -0.2) is 69.2 Å². The third-order valence-electron chi connectivity index (χ3n) is 3.80. The molecule has 1 fully saturated rings. The van der Waals surface area contributed by atoms with E-state index in [0.29, 0.717) is 32.8 Å². The Bertz CT molecular complexity index is 338. The quantitative estimate of drug-likeness (QED) is 0.496. The molecule has 21 heavy (non-hydrogen) atoms. The van der Waals surface area contributed by atoms with Crippen LogP contribution in [0.1, 0.15) is 19.8 Å². The normalized spacial score (nSPS) is 20.8. The molecular weight excluding hydrogens is 272 g/mol. The zero-order valence-electron chi connectivity index (χ0n) is 13.1. The minimum absolute atomic E-state index is 0.0185. The molecule has 122 valence electrons. The van der Waals surface area contributed by atoms with Gasteiger partial charge in [0.05, 0.1) is 18.6 Å². The summed E-state index contributed by atoms with van der Waals surface area (Å²) in [5.41, 5.74) is 5.39. The Balaban J connectivity index is 2.43. The van der Waals surface area contributed by atoms with E-state index in [4.69, 9.17) is 10.5 Å². The highest BCUT2D eigenvalue weighted by Crippen LogP contribution is 2.18. The van der Waals surface area contributed by atoms with Gasteiger partial charge in [0.1, 0.15) is 0 Å². The van der Waals surface area contributed by atoms with Crippen molar-refractivity contribution in [2.24, 2.45) is 11.7 Å². The molecule has 1 aliphatic heterocycles. The highest BCUT2D eigenvalue weighted by Gasteiger charge is 2.30. The molecule has 0 aromatic carbocycles. The number of amides is 2. The number of piperidine rings is 1. The standard InChI is InChI=1S/C14H28N4O3/c1-11(13(19)17-7-9-21-2)18-8-3-4-12(10-18)14(20)16-6-5-15/h11-12H,3-10,15H2,1-2H3,(H,16,20)(H,17,19). The summed E-state index contributed by atoms with van der Waals surface area (Å²) in [5.74, 6) is -0.0354. The molecule has 1 saturated heterocycles. The second kappa shape index (κ2) is 9.70. The summed E-state index contributed by atoms with van der Waals surface area (Å²) in [4.78, 5) is 26.1. The van der Waals surface area contributed by atoms with E-state index in [2.05, 4.69) is 15.5 Å². The Hall–Kier alpha value is -1.18. The van der Waals surface area contributed by atoms with Crippen molar-refractivity contribution in [3.8, 4) is 0 Å². The SMILES string of the molecule is COCCNC(=O)C(C)N1CCCC(C(=O)NCCN)C1. The average molecular weight is 300 g/mol. The lowest BCUT2D eigenvalue weighted by Gasteiger charge is -2.35. The van der Waals surface area contributed by atoms with Crippen LogP contribution in [0.2, 0.25) is 0 Å². The van der Waals surface area contributed by atoms with Crippen molar-refractivity contribution in [3.63, 3.8) is 0 Å². The summed E-state index contributed by atoms with van der Waals surface area (Å²) in [6.07, 6.45) is 1.79. The van der Waals surface area contributed by atoms with Crippen LogP contribution >= 0.6 is 0 Å². The molecule has 7 heteroatoms. The summed E-state index contributed by atoms with van der Waals surface area (Å²) < 4.78 is 4.91. The van der Waals surface area contributed by atoms with Crippen molar-refractivity contribution in [2.75, 3.05) is 46.4 Å². The van der Waals surface area contributed by atoms with E-state index in [1.807, 2.05) is 6.92 Å². The van der Waals surface area contributed by atoms with E-state index >= 15 is 0 Å². The molecule has 1 heterocycles. The first-order chi connectivity index (χ1) is 10.1. The van der Waals surface area contributed by atoms with Gasteiger partial charge < -0.3 is 21.1 Å². The number of carbonyl (C=O) groups excluding carboxylic acids is 2. The Morgan fingerprint density at radius 3 is 2.81 bits per heavy atom. The smallest absolute Gasteiger partial charge is 0.237 e. The van der Waals surface area contributed by atoms with Crippen LogP contribution in [0.15, 0.2) is 0 Å². The zero-order valence-corrected chi connectivity index (χ0v) is 13.1. The minimum Gasteiger partial charge on any atom is -0.383 e. The molecule has 2 unspecified atom stereocenters. The molecule has 0 bridgehead atoms. The number of nitrogens with zero attached hydrogens (tertiary/aromatic N) is 1. The van der Waals surface area contributed by atoms with Gasteiger partial charge in [-0.05, 0) is 26.3 Å². The molecule has 0 saturated carbocycles. The molecule has 4 N–H and O–H groups in total. The Labute approximate surface area is 126 Å². The monoisotopic (exact) mass is 300 g/mol. The number of hydrogen-bond acceptors (Lipinski definition) is 5. The first-order valence-corrected chi connectivity index (χ1v) is 7.58. The molecular formula is C14H28N4O3. The fourth-order valence-corrected chi connectivity index (χ4v) is 2.50. The minimum atomic E-state index is -0.230. The first-order valence-electron chi connectivity index (χ1n) is 7.58. The van der Waals surface area contributed by atoms with Gasteiger partial charge in [0.2, 0.25) is 11.8 Å². The van der Waals surface area contributed by atoms with Crippen LogP contribution in [0.4, 0.5) is 0 Å². The largest absolute Gasteiger partial charge is 0.383 e. The van der Waals surface area contributed by atoms with Crippen molar-refractivity contribution in [1.29, 1.82) is 0 Å². The van der Waals surface area contributed by atoms with Crippen molar-refractivity contribution in [2.45, 2.75) is 25.8 Å². The summed E-state index contributed by atoms with van der Waals surface area (Å²) >= 11 is 0. The van der Waals surface area contributed by atoms with E-state index < -0.39 is 0 Å². The summed E-state index contributed by atoms with van der Waals surface area (Å²) in [5, 5.41) is 5.66. The predicted molar refractivity (Wildman–Crippen MR) is 80.7 cm³/mol. The Morgan fingerprint density at radius 1 is 1.38 bits per heavy atom. The number of methoxy groups -OCH3 is 1. The van der Waals surface area contributed by atoms with E-state index in [1.54, 1.807) is 7.11 Å². The van der Waals surface area contributed by atoms with Crippen molar-refractivity contribution >= 4 is 11.8 Å². The summed E-state index contributed by atoms with van der Waals surface area (Å²) in [6.45, 7) is 5.30. The number of nitrogens with one attached hydrogen (secondary N) is 2. The van der Waals surface area contributed by atoms with E-state index in [1.165, 1.54) is 0 Å². The molecule has 7 nitrogen and oxygen atoms in total. The van der Waals surface area contributed by atoms with Crippen molar-refractivity contribution in [3.05, 3.63) is 0 Å². The van der Waals surface area contributed by atoms with Crippen LogP contribution in [0.5, 0.6) is 0 Å². The van der Waals surface area contributed by atoms with Crippen molar-refractivity contribution in [1.82, 2.24) is 15.5 Å². The summed E-state index contributed by atoms with van der Waals surface area (Å²) in [7, 11) is 1.60. The average Bonchev–Trinajstić information content (AvgIpc) is 2.52. The molecule has 0 spiro atoms. The molecule has 1 aliphatic rings. The molecule has 2 amide bonds. The van der Waals surface area contributed by atoms with E-state index in [-0.39, 0.29) is 23.8 Å². The van der Waals surface area contributed by atoms with Gasteiger partial charge in [-0.2, -0.15) is 0 Å². The van der Waals surface area contributed by atoms with E-state index in [9.17, 15) is 9.59 Å². The van der Waals surface area contributed by atoms with Crippen LogP contribution in [0, 0.1) is 5.92 Å². The van der Waals surface area contributed by atoms with Crippen LogP contribution in [-0.2, 0) is 14.3 Å². The first kappa shape index (κ1) is 17.9. The maximum absolute atomic E-state index is 12.0. The van der Waals surface area contributed by atoms with Crippen LogP contribution in [0.3, 0.4) is 0 Å². The lowest BCUT2D eigenvalue weighted by Crippen LogP contribution is -2.52. The lowest BCUT2D eigenvalue weighted by atomic mass is 9.96. The maximum atomic E-state index is 12.0. The van der Waals surface area contributed by atoms with Gasteiger partial charge in [0.15, 0.2) is 0 Å². The molecule has 1 rings (SSSR count). The Morgan fingerprint density at radius 2 is 2.14 bits per heavy atom. The molecule has 0 aromatic rings. The van der Waals surface area contributed by atoms with E-state index in [0.717, 1.165) is 19.4 Å². The second-order valence-electron chi connectivity index (χ2n) is 5.37. The highest BCUT2D eigenvalue weighted by molar-refractivity contribution is 5.82. The number of rotatable bonds is 8. The predicted octanol–water partition coefficient (Wildman–Crippen LogP) is -1.08. The zero-order chi connectivity index (χ0) is 15.7. The van der Waals surface area contributed by atoms with Crippen LogP contribution in [0.25, 0.3) is 0 Å². The number of hydrogen-bond donors (Lipinski definition) is 3. The van der Waals surface area contributed by atoms with Crippen LogP contribution < -0.4 is 16.4 Å². The van der Waals surface area contributed by atoms with Gasteiger partial charge in [-0.3, -0.25) is 14.5 Å². The number of carbonyl (C=O) groups is 2. The molecule has 0 aromatic heterocycles. The van der Waals surface area contributed by atoms with Gasteiger partial charge in [-0.25, -0.2) is 0 Å². The molecule has 2 atom stereocenters. The summed E-state index contributed by atoms with van der Waals surface area (Å²) in [6, 6.07) is -0.230. The number of likely N-dealkylation sites (tertiary alicyclic amines) is 1. The highest BCUT2D eigenvalue weighted by atomic mass is 16.5. The fourth-order valence-electron chi connectivity index (χ4n) is 2.50. The van der Waals surface area contributed by atoms with Gasteiger partial charge in [-0.15, -0.1) is 0 Å². The maximum Gasteiger partial charge on any atom is 0.237 e. The third kappa shape index (κ3) is 5.99. The van der Waals surface area contributed by atoms with Gasteiger partial charge in [0, 0.05) is 33.3 Å². The molecule has 0 aliphatic carbocycles. The number of ether oxygens (including phenoxy) is 1. The fraction of sp³-hybridized carbons (Fsp3) is 0.857. The topological polar surface area (TPSA) is 96.7 Å². The van der Waals surface area contributed by atoms with Gasteiger partial charge in [-0.1, -0.05) is 0 Å². The van der Waals surface area contributed by atoms with Crippen molar-refractivity contribution < 1.29 is 14.3 Å². The third-order valence-corrected chi connectivity index (χ3v) is 3.80. The molecule has 0 radical (unpaired) electrons. The lowest BCUT2D eigenvalue weighted by molar-refractivity contribution is -0.131. The Kier molecular flexibility index (Phi) is 8.26. The van der Waals surface area contributed by atoms with Gasteiger partial charge in [0.25, 0.3) is 0 Å². The number of nitrogens with two attached hydrogens (primary N) is 1. The second-order valence-corrected chi connectivity index (χ2v) is 5.37.